The topological polar surface area (TPSA) is 61.6 Å². The molecule has 114 valence electrons. The molecule has 1 N–H and O–H groups in total. The second kappa shape index (κ2) is 6.59. The van der Waals surface area contributed by atoms with Gasteiger partial charge in [-0.05, 0) is 34.8 Å². The van der Waals surface area contributed by atoms with Crippen LogP contribution in [-0.2, 0) is 0 Å². The zero-order chi connectivity index (χ0) is 16.4. The zero-order valence-electron chi connectivity index (χ0n) is 12.2. The van der Waals surface area contributed by atoms with Gasteiger partial charge in [0.05, 0.1) is 27.8 Å². The molecule has 0 spiro atoms. The number of nitrogens with one attached hydrogen (secondary N) is 1. The van der Waals surface area contributed by atoms with E-state index in [1.165, 1.54) is 6.33 Å². The molecule has 0 saturated heterocycles. The summed E-state index contributed by atoms with van der Waals surface area (Å²) in [7, 11) is 0. The summed E-state index contributed by atoms with van der Waals surface area (Å²) >= 11 is 9.01. The molecule has 2 aromatic rings. The molecule has 7 heteroatoms. The van der Waals surface area contributed by atoms with E-state index in [9.17, 15) is 9.65 Å². The number of nitrogens with zero attached hydrogens (tertiary/aromatic N) is 3. The molecule has 22 heavy (non-hydrogen) atoms. The van der Waals surface area contributed by atoms with Gasteiger partial charge in [-0.2, -0.15) is 5.26 Å². The van der Waals surface area contributed by atoms with E-state index in [2.05, 4.69) is 31.2 Å². The van der Waals surface area contributed by atoms with Gasteiger partial charge in [0.2, 0.25) is 0 Å². The second-order valence-corrected chi connectivity index (χ2v) is 6.25. The molecule has 0 aliphatic carbocycles. The second-order valence-electron chi connectivity index (χ2n) is 5.02. The minimum absolute atomic E-state index is 0.118. The third-order valence-corrected chi connectivity index (χ3v) is 4.37. The van der Waals surface area contributed by atoms with Crippen LogP contribution in [0.5, 0.6) is 0 Å². The van der Waals surface area contributed by atoms with E-state index in [4.69, 9.17) is 11.6 Å². The number of hydrogen-bond donors (Lipinski definition) is 1. The van der Waals surface area contributed by atoms with Gasteiger partial charge in [-0.3, -0.25) is 0 Å². The van der Waals surface area contributed by atoms with E-state index >= 15 is 0 Å². The van der Waals surface area contributed by atoms with Crippen molar-refractivity contribution < 1.29 is 4.39 Å². The first-order chi connectivity index (χ1) is 10.4. The molecule has 4 nitrogen and oxygen atoms in total. The summed E-state index contributed by atoms with van der Waals surface area (Å²) in [6.07, 6.45) is 1.49. The third kappa shape index (κ3) is 3.06. The normalized spacial score (nSPS) is 10.6. The van der Waals surface area contributed by atoms with Gasteiger partial charge in [0, 0.05) is 4.47 Å². The largest absolute Gasteiger partial charge is 0.351 e. The number of aryl methyl sites for hydroxylation is 1. The van der Waals surface area contributed by atoms with E-state index < -0.39 is 5.82 Å². The number of rotatable bonds is 3. The van der Waals surface area contributed by atoms with Gasteiger partial charge in [0.25, 0.3) is 0 Å². The van der Waals surface area contributed by atoms with Gasteiger partial charge in [-0.15, -0.1) is 0 Å². The van der Waals surface area contributed by atoms with Crippen LogP contribution in [0.15, 0.2) is 16.9 Å². The molecule has 0 saturated carbocycles. The first kappa shape index (κ1) is 16.7. The summed E-state index contributed by atoms with van der Waals surface area (Å²) in [5, 5.41) is 12.2. The molecular formula is C15H13BrClFN4. The first-order valence-corrected chi connectivity index (χ1v) is 7.70. The molecule has 0 radical (unpaired) electrons. The molecule has 1 aromatic carbocycles. The summed E-state index contributed by atoms with van der Waals surface area (Å²) in [6, 6.07) is 3.41. The minimum Gasteiger partial charge on any atom is -0.351 e. The number of aromatic nitrogens is 2. The van der Waals surface area contributed by atoms with Crippen molar-refractivity contribution in [3.8, 4) is 6.07 Å². The number of benzene rings is 1. The Kier molecular flexibility index (Phi) is 4.99. The lowest BCUT2D eigenvalue weighted by Crippen LogP contribution is -2.06. The maximum Gasteiger partial charge on any atom is 0.162 e. The SMILES string of the molecule is Cc1ncnc(C(C)C)c1Nc1cc(Br)c(Cl)c(F)c1C#N. The van der Waals surface area contributed by atoms with Crippen LogP contribution >= 0.6 is 27.5 Å². The lowest BCUT2D eigenvalue weighted by Gasteiger charge is -2.17. The highest BCUT2D eigenvalue weighted by molar-refractivity contribution is 9.10. The highest BCUT2D eigenvalue weighted by Crippen LogP contribution is 2.35. The predicted octanol–water partition coefficient (Wildman–Crippen LogP) is 5.08. The van der Waals surface area contributed by atoms with Gasteiger partial charge in [-0.25, -0.2) is 14.4 Å². The first-order valence-electron chi connectivity index (χ1n) is 6.52. The molecule has 2 rings (SSSR count). The summed E-state index contributed by atoms with van der Waals surface area (Å²) in [5.74, 6) is -0.614. The number of hydrogen-bond acceptors (Lipinski definition) is 4. The van der Waals surface area contributed by atoms with Crippen LogP contribution in [0.3, 0.4) is 0 Å². The van der Waals surface area contributed by atoms with Crippen molar-refractivity contribution in [1.29, 1.82) is 5.26 Å². The predicted molar refractivity (Wildman–Crippen MR) is 88.0 cm³/mol. The molecule has 0 atom stereocenters. The summed E-state index contributed by atoms with van der Waals surface area (Å²) in [5.41, 5.74) is 2.35. The monoisotopic (exact) mass is 382 g/mol. The lowest BCUT2D eigenvalue weighted by atomic mass is 10.1. The van der Waals surface area contributed by atoms with E-state index in [-0.39, 0.29) is 16.5 Å². The maximum atomic E-state index is 14.1. The Bertz CT molecular complexity index is 771. The fraction of sp³-hybridized carbons (Fsp3) is 0.267. The Morgan fingerprint density at radius 2 is 2.09 bits per heavy atom. The van der Waals surface area contributed by atoms with E-state index in [1.807, 2.05) is 26.8 Å². The van der Waals surface area contributed by atoms with Gasteiger partial charge in [-0.1, -0.05) is 25.4 Å². The van der Waals surface area contributed by atoms with E-state index in [1.54, 1.807) is 6.07 Å². The number of nitriles is 1. The van der Waals surface area contributed by atoms with Crippen molar-refractivity contribution >= 4 is 38.9 Å². The highest BCUT2D eigenvalue weighted by atomic mass is 79.9. The van der Waals surface area contributed by atoms with Gasteiger partial charge in [0.1, 0.15) is 18.0 Å². The minimum atomic E-state index is -0.762. The van der Waals surface area contributed by atoms with Gasteiger partial charge >= 0.3 is 0 Å². The van der Waals surface area contributed by atoms with Crippen LogP contribution < -0.4 is 5.32 Å². The van der Waals surface area contributed by atoms with E-state index in [0.29, 0.717) is 21.5 Å². The standard InChI is InChI=1S/C15H13BrClFN4/c1-7(2)14-15(8(3)20-6-21-14)22-11-4-10(16)12(17)13(18)9(11)5-19/h4,6-7,22H,1-3H3. The molecule has 0 aliphatic heterocycles. The fourth-order valence-corrected chi connectivity index (χ4v) is 2.57. The van der Waals surface area contributed by atoms with Crippen molar-refractivity contribution in [3.05, 3.63) is 44.7 Å². The Morgan fingerprint density at radius 3 is 2.68 bits per heavy atom. The zero-order valence-corrected chi connectivity index (χ0v) is 14.5. The van der Waals surface area contributed by atoms with Crippen molar-refractivity contribution in [2.45, 2.75) is 26.7 Å². The van der Waals surface area contributed by atoms with Gasteiger partial charge in [0.15, 0.2) is 5.82 Å². The van der Waals surface area contributed by atoms with Crippen LogP contribution in [-0.4, -0.2) is 9.97 Å². The average Bonchev–Trinajstić information content (AvgIpc) is 2.47. The van der Waals surface area contributed by atoms with Crippen LogP contribution in [0.1, 0.15) is 36.7 Å². The molecule has 0 unspecified atom stereocenters. The average molecular weight is 384 g/mol. The number of anilines is 2. The van der Waals surface area contributed by atoms with Crippen molar-refractivity contribution in [2.24, 2.45) is 0 Å². The summed E-state index contributed by atoms with van der Waals surface area (Å²) in [4.78, 5) is 8.41. The Balaban J connectivity index is 2.60. The van der Waals surface area contributed by atoms with Gasteiger partial charge < -0.3 is 5.32 Å². The van der Waals surface area contributed by atoms with Crippen LogP contribution in [0.4, 0.5) is 15.8 Å². The Hall–Kier alpha value is -1.71. The smallest absolute Gasteiger partial charge is 0.162 e. The number of halogens is 3. The van der Waals surface area contributed by atoms with Crippen LogP contribution in [0.25, 0.3) is 0 Å². The van der Waals surface area contributed by atoms with Crippen molar-refractivity contribution in [3.63, 3.8) is 0 Å². The Morgan fingerprint density at radius 1 is 1.41 bits per heavy atom. The molecular weight excluding hydrogens is 371 g/mol. The summed E-state index contributed by atoms with van der Waals surface area (Å²) in [6.45, 7) is 5.82. The molecule has 1 heterocycles. The summed E-state index contributed by atoms with van der Waals surface area (Å²) < 4.78 is 14.5. The molecule has 0 fully saturated rings. The van der Waals surface area contributed by atoms with Crippen molar-refractivity contribution in [2.75, 3.05) is 5.32 Å². The molecule has 0 amide bonds. The molecule has 0 bridgehead atoms. The Labute approximate surface area is 141 Å². The maximum absolute atomic E-state index is 14.1. The third-order valence-electron chi connectivity index (χ3n) is 3.15. The van der Waals surface area contributed by atoms with Crippen LogP contribution in [0.2, 0.25) is 5.02 Å². The van der Waals surface area contributed by atoms with Crippen LogP contribution in [0, 0.1) is 24.1 Å². The van der Waals surface area contributed by atoms with E-state index in [0.717, 1.165) is 5.69 Å². The fourth-order valence-electron chi connectivity index (χ4n) is 2.02. The lowest BCUT2D eigenvalue weighted by molar-refractivity contribution is 0.624. The molecule has 0 aliphatic rings. The van der Waals surface area contributed by atoms with Crippen molar-refractivity contribution in [1.82, 2.24) is 9.97 Å². The highest BCUT2D eigenvalue weighted by Gasteiger charge is 2.19. The quantitative estimate of drug-likeness (QED) is 0.751. The molecule has 1 aromatic heterocycles.